The molecule has 1 saturated heterocycles. The van der Waals surface area contributed by atoms with Gasteiger partial charge in [-0.15, -0.1) is 0 Å². The Bertz CT molecular complexity index is 430. The Kier molecular flexibility index (Phi) is 4.10. The summed E-state index contributed by atoms with van der Waals surface area (Å²) in [5, 5.41) is 9.70. The number of hydrogen-bond donors (Lipinski definition) is 1. The summed E-state index contributed by atoms with van der Waals surface area (Å²) in [6.07, 6.45) is 0.717. The number of likely N-dealkylation sites (tertiary alicyclic amines) is 1. The number of β-amino-alcohol motifs (C(OH)–C–C–N with tert-alkyl or cyclic N) is 1. The van der Waals surface area contributed by atoms with Crippen LogP contribution in [0.1, 0.15) is 32.3 Å². The summed E-state index contributed by atoms with van der Waals surface area (Å²) in [7, 11) is 0. The Morgan fingerprint density at radius 3 is 2.79 bits per heavy atom. The minimum atomic E-state index is -0.447. The Morgan fingerprint density at radius 2 is 2.11 bits per heavy atom. The van der Waals surface area contributed by atoms with Crippen LogP contribution in [0.3, 0.4) is 0 Å². The van der Waals surface area contributed by atoms with E-state index in [4.69, 9.17) is 4.74 Å². The van der Waals surface area contributed by atoms with Gasteiger partial charge >= 0.3 is 6.09 Å². The molecule has 0 spiro atoms. The van der Waals surface area contributed by atoms with Gasteiger partial charge in [-0.25, -0.2) is 4.79 Å². The quantitative estimate of drug-likeness (QED) is 0.892. The molecular weight excluding hydrogens is 242 g/mol. The summed E-state index contributed by atoms with van der Waals surface area (Å²) in [4.78, 5) is 13.8. The molecule has 1 aliphatic rings. The lowest BCUT2D eigenvalue weighted by molar-refractivity contribution is -0.00888. The zero-order valence-corrected chi connectivity index (χ0v) is 11.5. The number of aliphatic hydroxyl groups excluding tert-OH is 1. The third-order valence-corrected chi connectivity index (χ3v) is 3.64. The fourth-order valence-corrected chi connectivity index (χ4v) is 2.32. The summed E-state index contributed by atoms with van der Waals surface area (Å²) >= 11 is 0. The lowest BCUT2D eigenvalue weighted by Gasteiger charge is -2.43. The fraction of sp³-hybridized carbons (Fsp3) is 0.533. The van der Waals surface area contributed by atoms with Crippen LogP contribution in [0, 0.1) is 0 Å². The van der Waals surface area contributed by atoms with E-state index in [1.165, 1.54) is 0 Å². The highest BCUT2D eigenvalue weighted by atomic mass is 16.6. The molecule has 0 bridgehead atoms. The molecular formula is C15H21NO3. The van der Waals surface area contributed by atoms with Crippen molar-refractivity contribution in [1.29, 1.82) is 0 Å². The maximum Gasteiger partial charge on any atom is 0.410 e. The smallest absolute Gasteiger partial charge is 0.410 e. The van der Waals surface area contributed by atoms with Crippen molar-refractivity contribution in [2.45, 2.75) is 44.9 Å². The average molecular weight is 263 g/mol. The van der Waals surface area contributed by atoms with Crippen LogP contribution in [0.15, 0.2) is 30.3 Å². The Hall–Kier alpha value is -1.55. The van der Waals surface area contributed by atoms with Gasteiger partial charge in [-0.2, -0.15) is 0 Å². The van der Waals surface area contributed by atoms with Gasteiger partial charge in [0.1, 0.15) is 6.61 Å². The maximum absolute atomic E-state index is 12.1. The van der Waals surface area contributed by atoms with Gasteiger partial charge in [0.15, 0.2) is 0 Å². The van der Waals surface area contributed by atoms with Gasteiger partial charge in [-0.1, -0.05) is 30.3 Å². The van der Waals surface area contributed by atoms with Crippen LogP contribution >= 0.6 is 0 Å². The van der Waals surface area contributed by atoms with Crippen molar-refractivity contribution in [2.24, 2.45) is 0 Å². The van der Waals surface area contributed by atoms with Crippen LogP contribution < -0.4 is 0 Å². The Labute approximate surface area is 114 Å². The van der Waals surface area contributed by atoms with Gasteiger partial charge in [-0.05, 0) is 32.3 Å². The number of carbonyl (C=O) groups is 1. The number of piperidine rings is 1. The second-order valence-corrected chi connectivity index (χ2v) is 5.66. The standard InChI is InChI=1S/C15H21NO3/c1-15(2)9-8-13(17)10-16(15)14(18)19-11-12-6-4-3-5-7-12/h3-7,13,17H,8-11H2,1-2H3. The van der Waals surface area contributed by atoms with E-state index in [9.17, 15) is 9.90 Å². The normalized spacial score (nSPS) is 22.1. The molecule has 0 aromatic heterocycles. The van der Waals surface area contributed by atoms with E-state index < -0.39 is 6.10 Å². The number of carbonyl (C=O) groups excluding carboxylic acids is 1. The first kappa shape index (κ1) is 13.9. The molecule has 1 amide bonds. The van der Waals surface area contributed by atoms with Gasteiger partial charge in [0.25, 0.3) is 0 Å². The number of nitrogens with zero attached hydrogens (tertiary/aromatic N) is 1. The van der Waals surface area contributed by atoms with Crippen molar-refractivity contribution in [3.63, 3.8) is 0 Å². The van der Waals surface area contributed by atoms with Crippen LogP contribution in [0.2, 0.25) is 0 Å². The third kappa shape index (κ3) is 3.47. The van der Waals surface area contributed by atoms with Crippen LogP contribution in [0.25, 0.3) is 0 Å². The maximum atomic E-state index is 12.1. The number of amides is 1. The predicted octanol–water partition coefficient (Wildman–Crippen LogP) is 2.56. The molecule has 1 atom stereocenters. The molecule has 4 nitrogen and oxygen atoms in total. The molecule has 1 fully saturated rings. The minimum Gasteiger partial charge on any atom is -0.445 e. The first-order valence-electron chi connectivity index (χ1n) is 6.65. The largest absolute Gasteiger partial charge is 0.445 e. The third-order valence-electron chi connectivity index (χ3n) is 3.64. The highest BCUT2D eigenvalue weighted by Crippen LogP contribution is 2.28. The highest BCUT2D eigenvalue weighted by Gasteiger charge is 2.37. The van der Waals surface area contributed by atoms with Crippen molar-refractivity contribution in [3.8, 4) is 0 Å². The predicted molar refractivity (Wildman–Crippen MR) is 72.7 cm³/mol. The van der Waals surface area contributed by atoms with E-state index in [-0.39, 0.29) is 18.2 Å². The lowest BCUT2D eigenvalue weighted by atomic mass is 9.90. The molecule has 2 rings (SSSR count). The zero-order valence-electron chi connectivity index (χ0n) is 11.5. The van der Waals surface area contributed by atoms with Crippen molar-refractivity contribution < 1.29 is 14.6 Å². The van der Waals surface area contributed by atoms with Gasteiger partial charge < -0.3 is 14.7 Å². The lowest BCUT2D eigenvalue weighted by Crippen LogP contribution is -2.54. The van der Waals surface area contributed by atoms with Gasteiger partial charge in [-0.3, -0.25) is 0 Å². The molecule has 0 saturated carbocycles. The molecule has 104 valence electrons. The van der Waals surface area contributed by atoms with Crippen molar-refractivity contribution in [2.75, 3.05) is 6.54 Å². The molecule has 4 heteroatoms. The fourth-order valence-electron chi connectivity index (χ4n) is 2.32. The summed E-state index contributed by atoms with van der Waals surface area (Å²) in [6.45, 7) is 4.62. The van der Waals surface area contributed by atoms with Gasteiger partial charge in [0.05, 0.1) is 12.6 Å². The number of aliphatic hydroxyl groups is 1. The van der Waals surface area contributed by atoms with E-state index in [0.717, 1.165) is 18.4 Å². The second-order valence-electron chi connectivity index (χ2n) is 5.66. The molecule has 1 N–H and O–H groups in total. The van der Waals surface area contributed by atoms with E-state index in [1.54, 1.807) is 4.90 Å². The Morgan fingerprint density at radius 1 is 1.42 bits per heavy atom. The van der Waals surface area contributed by atoms with Crippen molar-refractivity contribution >= 4 is 6.09 Å². The monoisotopic (exact) mass is 263 g/mol. The van der Waals surface area contributed by atoms with Crippen LogP contribution in [0.4, 0.5) is 4.79 Å². The molecule has 1 heterocycles. The SMILES string of the molecule is CC1(C)CCC(O)CN1C(=O)OCc1ccccc1. The van der Waals surface area contributed by atoms with Gasteiger partial charge in [0, 0.05) is 5.54 Å². The molecule has 1 aliphatic heterocycles. The Balaban J connectivity index is 1.95. The van der Waals surface area contributed by atoms with Gasteiger partial charge in [0.2, 0.25) is 0 Å². The van der Waals surface area contributed by atoms with Crippen molar-refractivity contribution in [1.82, 2.24) is 4.90 Å². The first-order valence-corrected chi connectivity index (χ1v) is 6.65. The summed E-state index contributed by atoms with van der Waals surface area (Å²) in [6, 6.07) is 9.60. The van der Waals surface area contributed by atoms with Crippen LogP contribution in [0.5, 0.6) is 0 Å². The first-order chi connectivity index (χ1) is 8.99. The van der Waals surface area contributed by atoms with Crippen molar-refractivity contribution in [3.05, 3.63) is 35.9 Å². The molecule has 1 aromatic carbocycles. The molecule has 19 heavy (non-hydrogen) atoms. The zero-order chi connectivity index (χ0) is 13.9. The second kappa shape index (κ2) is 5.61. The van der Waals surface area contributed by atoms with E-state index in [0.29, 0.717) is 6.54 Å². The summed E-state index contributed by atoms with van der Waals surface area (Å²) in [5.74, 6) is 0. The number of benzene rings is 1. The molecule has 0 radical (unpaired) electrons. The van der Waals surface area contributed by atoms with E-state index in [1.807, 2.05) is 44.2 Å². The highest BCUT2D eigenvalue weighted by molar-refractivity contribution is 5.69. The topological polar surface area (TPSA) is 49.8 Å². The number of ether oxygens (including phenoxy) is 1. The van der Waals surface area contributed by atoms with Crippen LogP contribution in [-0.2, 0) is 11.3 Å². The average Bonchev–Trinajstić information content (AvgIpc) is 2.40. The van der Waals surface area contributed by atoms with E-state index in [2.05, 4.69) is 0 Å². The number of rotatable bonds is 2. The van der Waals surface area contributed by atoms with Crippen LogP contribution in [-0.4, -0.2) is 34.3 Å². The number of hydrogen-bond acceptors (Lipinski definition) is 3. The minimum absolute atomic E-state index is 0.257. The summed E-state index contributed by atoms with van der Waals surface area (Å²) in [5.41, 5.74) is 0.707. The van der Waals surface area contributed by atoms with E-state index >= 15 is 0 Å². The molecule has 0 aliphatic carbocycles. The molecule has 1 unspecified atom stereocenters. The summed E-state index contributed by atoms with van der Waals surface area (Å²) < 4.78 is 5.33. The molecule has 1 aromatic rings.